The van der Waals surface area contributed by atoms with Gasteiger partial charge in [0.1, 0.15) is 0 Å². The molecule has 1 unspecified atom stereocenters. The van der Waals surface area contributed by atoms with Gasteiger partial charge >= 0.3 is 0 Å². The van der Waals surface area contributed by atoms with Crippen LogP contribution in [0, 0.1) is 0 Å². The highest BCUT2D eigenvalue weighted by atomic mass is 32.2. The molecule has 5 nitrogen and oxygen atoms in total. The zero-order valence-corrected chi connectivity index (χ0v) is 17.2. The van der Waals surface area contributed by atoms with E-state index in [0.717, 1.165) is 5.56 Å². The van der Waals surface area contributed by atoms with Crippen LogP contribution in [-0.2, 0) is 19.9 Å². The summed E-state index contributed by atoms with van der Waals surface area (Å²) in [5.41, 5.74) is 1.28. The van der Waals surface area contributed by atoms with Crippen molar-refractivity contribution in [2.24, 2.45) is 0 Å². The lowest BCUT2D eigenvalue weighted by Gasteiger charge is -2.27. The van der Waals surface area contributed by atoms with E-state index in [4.69, 9.17) is 0 Å². The van der Waals surface area contributed by atoms with E-state index in [2.05, 4.69) is 5.32 Å². The van der Waals surface area contributed by atoms with Crippen molar-refractivity contribution >= 4 is 42.8 Å². The summed E-state index contributed by atoms with van der Waals surface area (Å²) in [4.78, 5) is 37.6. The first-order valence-corrected chi connectivity index (χ1v) is 9.68. The Bertz CT molecular complexity index is 710. The van der Waals surface area contributed by atoms with Gasteiger partial charge in [0.05, 0.1) is 16.6 Å². The maximum absolute atomic E-state index is 12.7. The van der Waals surface area contributed by atoms with E-state index >= 15 is 0 Å². The van der Waals surface area contributed by atoms with Gasteiger partial charge in [-0.2, -0.15) is 0 Å². The van der Waals surface area contributed by atoms with Gasteiger partial charge in [-0.25, -0.2) is 4.90 Å². The van der Waals surface area contributed by atoms with Crippen LogP contribution in [0.1, 0.15) is 46.6 Å². The lowest BCUT2D eigenvalue weighted by atomic mass is 9.92. The Morgan fingerprint density at radius 3 is 2.27 bits per heavy atom. The number of thioether (sulfide) groups is 1. The monoisotopic (exact) mass is 374 g/mol. The summed E-state index contributed by atoms with van der Waals surface area (Å²) in [5.74, 6) is -0.296. The number of benzene rings is 1. The average molecular weight is 374 g/mol. The molecule has 140 valence electrons. The van der Waals surface area contributed by atoms with E-state index in [1.807, 2.05) is 46.8 Å². The van der Waals surface area contributed by atoms with Crippen LogP contribution < -0.4 is 10.2 Å². The van der Waals surface area contributed by atoms with Gasteiger partial charge in [0.25, 0.3) is 0 Å². The van der Waals surface area contributed by atoms with Crippen molar-refractivity contribution in [1.29, 1.82) is 0 Å². The minimum atomic E-state index is -0.381. The van der Waals surface area contributed by atoms with E-state index in [9.17, 15) is 14.4 Å². The molecule has 1 fully saturated rings. The molecule has 0 saturated carbocycles. The molecule has 2 amide bonds. The number of nitrogens with one attached hydrogen (secondary N) is 1. The molecule has 0 bridgehead atoms. The number of carbonyl (C=O) groups excluding carboxylic acids is 3. The summed E-state index contributed by atoms with van der Waals surface area (Å²) < 4.78 is -0.0765. The first-order valence-electron chi connectivity index (χ1n) is 8.80. The third-order valence-corrected chi connectivity index (χ3v) is 5.59. The van der Waals surface area contributed by atoms with Crippen molar-refractivity contribution in [3.63, 3.8) is 0 Å². The van der Waals surface area contributed by atoms with Gasteiger partial charge in [-0.15, -0.1) is 11.8 Å². The summed E-state index contributed by atoms with van der Waals surface area (Å²) in [5, 5.41) is 2.89. The Kier molecular flexibility index (Phi) is 6.03. The van der Waals surface area contributed by atoms with Crippen LogP contribution in [0.4, 0.5) is 5.69 Å². The number of rotatable bonds is 6. The first kappa shape index (κ1) is 20.7. The van der Waals surface area contributed by atoms with Gasteiger partial charge in [-0.3, -0.25) is 9.59 Å². The fourth-order valence-electron chi connectivity index (χ4n) is 2.87. The highest BCUT2D eigenvalue weighted by molar-refractivity contribution is 8.02. The predicted octanol–water partition coefficient (Wildman–Crippen LogP) is 1.83. The van der Waals surface area contributed by atoms with Crippen molar-refractivity contribution < 1.29 is 14.4 Å². The van der Waals surface area contributed by atoms with Gasteiger partial charge in [-0.05, 0) is 31.5 Å². The molecule has 1 aliphatic rings. The lowest BCUT2D eigenvalue weighted by Crippen LogP contribution is -2.40. The number of anilines is 1. The third kappa shape index (κ3) is 4.98. The van der Waals surface area contributed by atoms with Gasteiger partial charge in [0, 0.05) is 23.3 Å². The molecule has 1 aromatic rings. The largest absolute Gasteiger partial charge is 0.311 e. The van der Waals surface area contributed by atoms with Gasteiger partial charge in [0.15, 0.2) is 7.85 Å². The Morgan fingerprint density at radius 1 is 1.19 bits per heavy atom. The molecule has 0 aromatic heterocycles. The summed E-state index contributed by atoms with van der Waals surface area (Å²) in [7, 11) is 1.54. The standard InChI is InChI=1S/C19H27BN2O3S/c1-18(2,3)26-14-10-16(24)22(17(14)25)13-8-6-12(7-9-13)19(4,5)21-11-15(20)23/h6-9,14,21H,10-11,20H2,1-5H3. The summed E-state index contributed by atoms with van der Waals surface area (Å²) in [6.07, 6.45) is 0.244. The van der Waals surface area contributed by atoms with Crippen LogP contribution in [0.25, 0.3) is 0 Å². The molecule has 1 aliphatic heterocycles. The Labute approximate surface area is 160 Å². The number of amides is 2. The zero-order valence-electron chi connectivity index (χ0n) is 16.4. The van der Waals surface area contributed by atoms with Crippen molar-refractivity contribution in [2.75, 3.05) is 11.4 Å². The number of imide groups is 1. The quantitative estimate of drug-likeness (QED) is 0.608. The molecule has 1 N–H and O–H groups in total. The second-order valence-corrected chi connectivity index (χ2v) is 10.2. The van der Waals surface area contributed by atoms with Crippen LogP contribution in [0.15, 0.2) is 24.3 Å². The van der Waals surface area contributed by atoms with Crippen LogP contribution in [0.5, 0.6) is 0 Å². The number of carbonyl (C=O) groups is 3. The highest BCUT2D eigenvalue weighted by Gasteiger charge is 2.41. The molecule has 7 heteroatoms. The topological polar surface area (TPSA) is 66.5 Å². The van der Waals surface area contributed by atoms with E-state index in [-0.39, 0.29) is 39.5 Å². The SMILES string of the molecule is BC(=O)CNC(C)(C)c1ccc(N2C(=O)CC(SC(C)(C)C)C2=O)cc1. The zero-order chi connectivity index (χ0) is 19.7. The molecule has 1 heterocycles. The molecular weight excluding hydrogens is 347 g/mol. The molecule has 0 aliphatic carbocycles. The second-order valence-electron chi connectivity index (χ2n) is 8.22. The normalized spacial score (nSPS) is 18.5. The number of nitrogens with zero attached hydrogens (tertiary/aromatic N) is 1. The third-order valence-electron chi connectivity index (χ3n) is 4.23. The molecule has 2 rings (SSSR count). The summed E-state index contributed by atoms with van der Waals surface area (Å²) in [6, 6.07) is 7.39. The van der Waals surface area contributed by atoms with Crippen LogP contribution >= 0.6 is 11.8 Å². The van der Waals surface area contributed by atoms with Crippen LogP contribution in [0.2, 0.25) is 0 Å². The van der Waals surface area contributed by atoms with Gasteiger partial charge < -0.3 is 10.1 Å². The highest BCUT2D eigenvalue weighted by Crippen LogP contribution is 2.36. The maximum atomic E-state index is 12.7. The van der Waals surface area contributed by atoms with Crippen molar-refractivity contribution in [3.8, 4) is 0 Å². The molecule has 0 radical (unpaired) electrons. The van der Waals surface area contributed by atoms with E-state index in [1.165, 1.54) is 16.7 Å². The second kappa shape index (κ2) is 7.57. The van der Waals surface area contributed by atoms with Crippen molar-refractivity contribution in [1.82, 2.24) is 5.32 Å². The minimum absolute atomic E-state index is 0.0744. The van der Waals surface area contributed by atoms with E-state index in [0.29, 0.717) is 12.2 Å². The lowest BCUT2D eigenvalue weighted by molar-refractivity contribution is -0.121. The average Bonchev–Trinajstić information content (AvgIpc) is 2.78. The Hall–Kier alpha value is -1.60. The number of hydrogen-bond acceptors (Lipinski definition) is 5. The Morgan fingerprint density at radius 2 is 1.77 bits per heavy atom. The molecular formula is C19H27BN2O3S. The minimum Gasteiger partial charge on any atom is -0.311 e. The smallest absolute Gasteiger partial charge is 0.247 e. The first-order chi connectivity index (χ1) is 11.9. The van der Waals surface area contributed by atoms with E-state index < -0.39 is 0 Å². The molecule has 1 aromatic carbocycles. The van der Waals surface area contributed by atoms with E-state index in [1.54, 1.807) is 20.0 Å². The van der Waals surface area contributed by atoms with Gasteiger partial charge in [0.2, 0.25) is 11.8 Å². The summed E-state index contributed by atoms with van der Waals surface area (Å²) in [6.45, 7) is 10.4. The molecule has 1 saturated heterocycles. The van der Waals surface area contributed by atoms with Gasteiger partial charge in [-0.1, -0.05) is 32.9 Å². The van der Waals surface area contributed by atoms with Crippen molar-refractivity contribution in [3.05, 3.63) is 29.8 Å². The molecule has 0 spiro atoms. The Balaban J connectivity index is 2.16. The van der Waals surface area contributed by atoms with Crippen LogP contribution in [-0.4, -0.2) is 41.9 Å². The predicted molar refractivity (Wildman–Crippen MR) is 109 cm³/mol. The van der Waals surface area contributed by atoms with Crippen molar-refractivity contribution in [2.45, 2.75) is 56.6 Å². The molecule has 1 atom stereocenters. The summed E-state index contributed by atoms with van der Waals surface area (Å²) >= 11 is 1.54. The molecule has 26 heavy (non-hydrogen) atoms. The fourth-order valence-corrected chi connectivity index (χ4v) is 4.15. The maximum Gasteiger partial charge on any atom is 0.247 e. The number of hydrogen-bond donors (Lipinski definition) is 1. The van der Waals surface area contributed by atoms with Crippen LogP contribution in [0.3, 0.4) is 0 Å². The fraction of sp³-hybridized carbons (Fsp3) is 0.526.